The van der Waals surface area contributed by atoms with Crippen molar-refractivity contribution in [2.45, 2.75) is 76.8 Å². The van der Waals surface area contributed by atoms with Crippen LogP contribution in [0.25, 0.3) is 0 Å². The average Bonchev–Trinajstić information content (AvgIpc) is 2.76. The Hall–Kier alpha value is -1.35. The number of aliphatic imine (C=N–C) groups is 1. The van der Waals surface area contributed by atoms with Crippen LogP contribution in [0.5, 0.6) is 0 Å². The Morgan fingerprint density at radius 1 is 0.875 bits per heavy atom. The summed E-state index contributed by atoms with van der Waals surface area (Å²) in [5.74, 6) is 0.809. The van der Waals surface area contributed by atoms with Crippen molar-refractivity contribution in [3.05, 3.63) is 0 Å². The predicted molar refractivity (Wildman–Crippen MR) is 102 cm³/mol. The molecule has 0 amide bonds. The maximum Gasteiger partial charge on any atom is 0.237 e. The molecule has 2 unspecified atom stereocenters. The highest BCUT2D eigenvalue weighted by molar-refractivity contribution is 7.80. The molecular weight excluding hydrogens is 342 g/mol. The minimum absolute atomic E-state index is 0.0879. The summed E-state index contributed by atoms with van der Waals surface area (Å²) in [5.41, 5.74) is 2.44. The zero-order valence-corrected chi connectivity index (χ0v) is 16.7. The molecule has 0 radical (unpaired) electrons. The number of hydrazine groups is 2. The zero-order valence-electron chi connectivity index (χ0n) is 15.0. The minimum atomic E-state index is -0.389. The molecule has 9 heteroatoms. The summed E-state index contributed by atoms with van der Waals surface area (Å²) in [6.45, 7) is 13.0. The lowest BCUT2D eigenvalue weighted by Crippen LogP contribution is -2.75. The Bertz CT molecular complexity index is 687. The van der Waals surface area contributed by atoms with E-state index in [1.54, 1.807) is 0 Å². The number of fused-ring (bicyclic) bond motifs is 5. The van der Waals surface area contributed by atoms with Crippen molar-refractivity contribution in [1.29, 1.82) is 0 Å². The number of guanidine groups is 1. The van der Waals surface area contributed by atoms with Gasteiger partial charge in [-0.15, -0.1) is 0 Å². The summed E-state index contributed by atoms with van der Waals surface area (Å²) >= 11 is 11.3. The van der Waals surface area contributed by atoms with E-state index in [0.717, 1.165) is 18.8 Å². The Balaban J connectivity index is 1.80. The minimum Gasteiger partial charge on any atom is -0.356 e. The Morgan fingerprint density at radius 3 is 2.12 bits per heavy atom. The fourth-order valence-corrected chi connectivity index (χ4v) is 5.84. The monoisotopic (exact) mass is 367 g/mol. The molecule has 2 atom stereocenters. The van der Waals surface area contributed by atoms with Crippen molar-refractivity contribution in [3.8, 4) is 0 Å². The van der Waals surface area contributed by atoms with E-state index in [1.807, 2.05) is 5.01 Å². The molecule has 0 saturated carbocycles. The fourth-order valence-electron chi connectivity index (χ4n) is 4.76. The third-order valence-corrected chi connectivity index (χ3v) is 5.75. The van der Waals surface area contributed by atoms with E-state index in [9.17, 15) is 0 Å². The summed E-state index contributed by atoms with van der Waals surface area (Å²) in [5, 5.41) is 14.5. The van der Waals surface area contributed by atoms with E-state index >= 15 is 0 Å². The normalized spacial score (nSPS) is 38.6. The number of nitrogens with zero attached hydrogens (tertiary/aromatic N) is 4. The van der Waals surface area contributed by atoms with Crippen LogP contribution in [0.1, 0.15) is 54.4 Å². The predicted octanol–water partition coefficient (Wildman–Crippen LogP) is 1.24. The number of thiocarbonyl (C=S) groups is 2. The van der Waals surface area contributed by atoms with Gasteiger partial charge in [0.2, 0.25) is 5.96 Å². The molecule has 132 valence electrons. The van der Waals surface area contributed by atoms with Crippen LogP contribution in [0.3, 0.4) is 0 Å². The molecule has 4 heterocycles. The summed E-state index contributed by atoms with van der Waals surface area (Å²) in [6, 6.07) is 0. The lowest BCUT2D eigenvalue weighted by atomic mass is 9.88. The molecule has 0 aromatic carbocycles. The van der Waals surface area contributed by atoms with Gasteiger partial charge in [-0.1, -0.05) is 0 Å². The van der Waals surface area contributed by atoms with Gasteiger partial charge in [0.05, 0.1) is 0 Å². The van der Waals surface area contributed by atoms with Crippen molar-refractivity contribution in [2.24, 2.45) is 4.99 Å². The van der Waals surface area contributed by atoms with Crippen LogP contribution in [-0.2, 0) is 0 Å². The molecule has 3 N–H and O–H groups in total. The van der Waals surface area contributed by atoms with E-state index in [0.29, 0.717) is 10.2 Å². The third-order valence-electron chi connectivity index (χ3n) is 5.19. The molecule has 0 aromatic rings. The molecule has 3 saturated heterocycles. The summed E-state index contributed by atoms with van der Waals surface area (Å²) in [4.78, 5) is 5.00. The largest absolute Gasteiger partial charge is 0.356 e. The third kappa shape index (κ3) is 1.97. The van der Waals surface area contributed by atoms with Crippen LogP contribution in [-0.4, -0.2) is 53.6 Å². The number of hydrogen-bond acceptors (Lipinski definition) is 5. The molecule has 0 spiro atoms. The van der Waals surface area contributed by atoms with Gasteiger partial charge < -0.3 is 10.6 Å². The molecule has 0 bridgehead atoms. The second kappa shape index (κ2) is 4.24. The molecule has 24 heavy (non-hydrogen) atoms. The van der Waals surface area contributed by atoms with Crippen LogP contribution >= 0.6 is 24.4 Å². The van der Waals surface area contributed by atoms with E-state index in [2.05, 4.69) is 67.6 Å². The first-order chi connectivity index (χ1) is 10.9. The van der Waals surface area contributed by atoms with Crippen molar-refractivity contribution < 1.29 is 0 Å². The number of nitrogens with one attached hydrogen (secondary N) is 3. The summed E-state index contributed by atoms with van der Waals surface area (Å²) in [6.07, 6.45) is 1.73. The Kier molecular flexibility index (Phi) is 2.85. The fraction of sp³-hybridized carbons (Fsp3) is 0.800. The van der Waals surface area contributed by atoms with Crippen LogP contribution in [0.2, 0.25) is 0 Å². The van der Waals surface area contributed by atoms with Crippen molar-refractivity contribution >= 4 is 40.6 Å². The quantitative estimate of drug-likeness (QED) is 0.553. The molecule has 4 rings (SSSR count). The van der Waals surface area contributed by atoms with Gasteiger partial charge >= 0.3 is 0 Å². The average molecular weight is 368 g/mol. The maximum absolute atomic E-state index is 5.72. The molecule has 7 nitrogen and oxygen atoms in total. The summed E-state index contributed by atoms with van der Waals surface area (Å²) in [7, 11) is 0. The van der Waals surface area contributed by atoms with Gasteiger partial charge in [0.15, 0.2) is 21.6 Å². The van der Waals surface area contributed by atoms with Gasteiger partial charge in [-0.05, 0) is 66.0 Å². The van der Waals surface area contributed by atoms with Crippen LogP contribution < -0.4 is 16.1 Å². The van der Waals surface area contributed by atoms with E-state index in [-0.39, 0.29) is 22.4 Å². The standard InChI is InChI=1S/C15H25N7S2/c1-12(2)7-14(5)16-9-19-20-10(23)17-13(3,4)8-15(20,6)21(9)22(14)11(24)18-12/h7-8H2,1-6H3,(H,16,19)(H,17,23)(H,18,24). The first-order valence-corrected chi connectivity index (χ1v) is 9.10. The molecule has 0 aromatic heterocycles. The van der Waals surface area contributed by atoms with E-state index in [1.165, 1.54) is 0 Å². The second-order valence-corrected chi connectivity index (χ2v) is 9.70. The van der Waals surface area contributed by atoms with E-state index in [4.69, 9.17) is 29.4 Å². The first kappa shape index (κ1) is 16.1. The highest BCUT2D eigenvalue weighted by Crippen LogP contribution is 2.46. The van der Waals surface area contributed by atoms with Gasteiger partial charge in [0.1, 0.15) is 0 Å². The van der Waals surface area contributed by atoms with Crippen LogP contribution in [0.15, 0.2) is 4.99 Å². The highest BCUT2D eigenvalue weighted by atomic mass is 32.1. The molecule has 0 aliphatic carbocycles. The number of hydrogen-bond donors (Lipinski definition) is 3. The smallest absolute Gasteiger partial charge is 0.237 e. The lowest BCUT2D eigenvalue weighted by Gasteiger charge is -2.56. The topological polar surface area (TPSA) is 58.2 Å². The van der Waals surface area contributed by atoms with Gasteiger partial charge in [-0.3, -0.25) is 5.43 Å². The SMILES string of the molecule is CC1(C)CC2(C)N=C3NN4C(=S)NC(C)(C)CC4(C)N3N2C(=S)N1. The second-order valence-electron chi connectivity index (χ2n) is 8.92. The molecule has 4 aliphatic rings. The van der Waals surface area contributed by atoms with E-state index < -0.39 is 0 Å². The van der Waals surface area contributed by atoms with Gasteiger partial charge in [-0.25, -0.2) is 20.0 Å². The highest BCUT2D eigenvalue weighted by Gasteiger charge is 2.64. The summed E-state index contributed by atoms with van der Waals surface area (Å²) < 4.78 is 0. The molecule has 4 aliphatic heterocycles. The molecular formula is C15H25N7S2. The lowest BCUT2D eigenvalue weighted by molar-refractivity contribution is -0.0986. The Morgan fingerprint density at radius 2 is 1.46 bits per heavy atom. The van der Waals surface area contributed by atoms with Gasteiger partial charge in [0.25, 0.3) is 0 Å². The Labute approximate surface area is 153 Å². The van der Waals surface area contributed by atoms with Gasteiger partial charge in [0, 0.05) is 23.9 Å². The van der Waals surface area contributed by atoms with Gasteiger partial charge in [-0.2, -0.15) is 0 Å². The van der Waals surface area contributed by atoms with Crippen LogP contribution in [0.4, 0.5) is 0 Å². The maximum atomic E-state index is 5.72. The van der Waals surface area contributed by atoms with Crippen LogP contribution in [0, 0.1) is 0 Å². The van der Waals surface area contributed by atoms with Crippen molar-refractivity contribution in [2.75, 3.05) is 0 Å². The zero-order chi connectivity index (χ0) is 17.7. The number of rotatable bonds is 0. The van der Waals surface area contributed by atoms with Crippen molar-refractivity contribution in [1.82, 2.24) is 31.1 Å². The first-order valence-electron chi connectivity index (χ1n) is 8.28. The van der Waals surface area contributed by atoms with Crippen molar-refractivity contribution in [3.63, 3.8) is 0 Å². The molecule has 3 fully saturated rings.